The molecule has 262 valence electrons. The highest BCUT2D eigenvalue weighted by atomic mass is 16.3. The summed E-state index contributed by atoms with van der Waals surface area (Å²) >= 11 is 0. The predicted octanol–water partition coefficient (Wildman–Crippen LogP) is 14.9. The molecule has 0 radical (unpaired) electrons. The third kappa shape index (κ3) is 4.60. The number of para-hydroxylation sites is 4. The fourth-order valence-corrected chi connectivity index (χ4v) is 8.84. The molecule has 0 saturated heterocycles. The molecule has 0 bridgehead atoms. The molecule has 0 aliphatic rings. The molecule has 0 aliphatic heterocycles. The largest absolute Gasteiger partial charge is 0.456 e. The predicted molar refractivity (Wildman–Crippen MR) is 233 cm³/mol. The fourth-order valence-electron chi connectivity index (χ4n) is 8.84. The molecule has 12 rings (SSSR count). The van der Waals surface area contributed by atoms with Crippen LogP contribution in [0.2, 0.25) is 0 Å². The first-order chi connectivity index (χ1) is 27.8. The quantitative estimate of drug-likeness (QED) is 0.178. The number of hydrogen-bond acceptors (Lipinski definition) is 3. The van der Waals surface area contributed by atoms with Crippen molar-refractivity contribution in [3.63, 3.8) is 0 Å². The van der Waals surface area contributed by atoms with Gasteiger partial charge in [0.2, 0.25) is 0 Å². The van der Waals surface area contributed by atoms with Crippen LogP contribution < -0.4 is 4.90 Å². The van der Waals surface area contributed by atoms with E-state index < -0.39 is 0 Å². The molecule has 0 saturated carbocycles. The zero-order chi connectivity index (χ0) is 36.7. The smallest absolute Gasteiger partial charge is 0.159 e. The van der Waals surface area contributed by atoms with Crippen molar-refractivity contribution in [3.8, 4) is 16.8 Å². The standard InChI is InChI=1S/C52H32N2O2/c1-2-13-38-33(11-1)12-9-17-39(38)34-23-25-35(26-24-34)53(36-27-29-43-42-16-5-8-22-49(42)55-50(43)31-36)37-28-30-44-45-18-10-21-48(52(45)56-51(44)32-37)54-46-19-6-3-14-40(46)41-15-4-7-20-47(41)54/h1-32H. The van der Waals surface area contributed by atoms with Gasteiger partial charge in [-0.3, -0.25) is 0 Å². The second-order valence-electron chi connectivity index (χ2n) is 14.5. The van der Waals surface area contributed by atoms with Crippen LogP contribution in [0.25, 0.3) is 93.3 Å². The van der Waals surface area contributed by atoms with Crippen molar-refractivity contribution in [2.75, 3.05) is 4.90 Å². The van der Waals surface area contributed by atoms with E-state index in [0.29, 0.717) is 0 Å². The first-order valence-corrected chi connectivity index (χ1v) is 19.0. The van der Waals surface area contributed by atoms with Crippen molar-refractivity contribution >= 4 is 93.5 Å². The molecule has 0 unspecified atom stereocenters. The van der Waals surface area contributed by atoms with Gasteiger partial charge in [-0.15, -0.1) is 0 Å². The molecule has 3 aromatic heterocycles. The number of nitrogens with zero attached hydrogens (tertiary/aromatic N) is 2. The van der Waals surface area contributed by atoms with Gasteiger partial charge in [0.05, 0.1) is 16.7 Å². The summed E-state index contributed by atoms with van der Waals surface area (Å²) in [6.45, 7) is 0. The lowest BCUT2D eigenvalue weighted by Gasteiger charge is -2.25. The summed E-state index contributed by atoms with van der Waals surface area (Å²) in [7, 11) is 0. The van der Waals surface area contributed by atoms with Crippen LogP contribution >= 0.6 is 0 Å². The van der Waals surface area contributed by atoms with Crippen LogP contribution in [0, 0.1) is 0 Å². The molecule has 4 heteroatoms. The first kappa shape index (κ1) is 30.9. The Labute approximate surface area is 321 Å². The number of fused-ring (bicyclic) bond motifs is 10. The minimum atomic E-state index is 0.827. The van der Waals surface area contributed by atoms with Crippen LogP contribution in [0.15, 0.2) is 203 Å². The molecule has 0 atom stereocenters. The summed E-state index contributed by atoms with van der Waals surface area (Å²) in [5.74, 6) is 0. The highest BCUT2D eigenvalue weighted by Crippen LogP contribution is 2.43. The van der Waals surface area contributed by atoms with Gasteiger partial charge >= 0.3 is 0 Å². The number of anilines is 3. The van der Waals surface area contributed by atoms with E-state index in [9.17, 15) is 0 Å². The van der Waals surface area contributed by atoms with Gasteiger partial charge < -0.3 is 18.3 Å². The Morgan fingerprint density at radius 3 is 1.64 bits per heavy atom. The topological polar surface area (TPSA) is 34.5 Å². The van der Waals surface area contributed by atoms with E-state index in [-0.39, 0.29) is 0 Å². The normalized spacial score (nSPS) is 11.9. The Morgan fingerprint density at radius 2 is 0.893 bits per heavy atom. The van der Waals surface area contributed by atoms with E-state index in [1.807, 2.05) is 12.1 Å². The maximum Gasteiger partial charge on any atom is 0.159 e. The van der Waals surface area contributed by atoms with Crippen molar-refractivity contribution in [2.45, 2.75) is 0 Å². The molecule has 12 aromatic rings. The first-order valence-electron chi connectivity index (χ1n) is 19.0. The Morgan fingerprint density at radius 1 is 0.357 bits per heavy atom. The van der Waals surface area contributed by atoms with E-state index >= 15 is 0 Å². The van der Waals surface area contributed by atoms with Crippen LogP contribution in [-0.2, 0) is 0 Å². The third-order valence-corrected chi connectivity index (χ3v) is 11.4. The Balaban J connectivity index is 1.04. The van der Waals surface area contributed by atoms with Gasteiger partial charge in [-0.1, -0.05) is 121 Å². The monoisotopic (exact) mass is 716 g/mol. The molecule has 0 N–H and O–H groups in total. The second kappa shape index (κ2) is 12.0. The minimum absolute atomic E-state index is 0.827. The van der Waals surface area contributed by atoms with E-state index in [4.69, 9.17) is 8.83 Å². The van der Waals surface area contributed by atoms with Gasteiger partial charge in [0.25, 0.3) is 0 Å². The van der Waals surface area contributed by atoms with Gasteiger partial charge in [-0.05, 0) is 82.6 Å². The number of furan rings is 2. The number of benzene rings is 9. The van der Waals surface area contributed by atoms with Crippen molar-refractivity contribution in [1.29, 1.82) is 0 Å². The van der Waals surface area contributed by atoms with E-state index in [2.05, 4.69) is 191 Å². The number of aromatic nitrogens is 1. The molecular formula is C52H32N2O2. The third-order valence-electron chi connectivity index (χ3n) is 11.4. The number of hydrogen-bond donors (Lipinski definition) is 0. The van der Waals surface area contributed by atoms with E-state index in [1.165, 1.54) is 32.7 Å². The van der Waals surface area contributed by atoms with E-state index in [1.54, 1.807) is 0 Å². The molecule has 9 aromatic carbocycles. The molecule has 0 fully saturated rings. The van der Waals surface area contributed by atoms with Crippen molar-refractivity contribution in [2.24, 2.45) is 0 Å². The Hall–Kier alpha value is -7.56. The average Bonchev–Trinajstić information content (AvgIpc) is 3.93. The fraction of sp³-hybridized carbons (Fsp3) is 0. The van der Waals surface area contributed by atoms with Crippen LogP contribution in [0.5, 0.6) is 0 Å². The summed E-state index contributed by atoms with van der Waals surface area (Å²) in [6, 6.07) is 68.9. The van der Waals surface area contributed by atoms with Gasteiger partial charge in [0.1, 0.15) is 16.7 Å². The summed E-state index contributed by atoms with van der Waals surface area (Å²) < 4.78 is 15.7. The summed E-state index contributed by atoms with van der Waals surface area (Å²) in [5.41, 5.74) is 12.2. The van der Waals surface area contributed by atoms with Gasteiger partial charge in [-0.25, -0.2) is 0 Å². The molecule has 0 aliphatic carbocycles. The SMILES string of the molecule is c1ccc2c(-c3ccc(N(c4ccc5c(c4)oc4ccccc45)c4ccc5c(c4)oc4c(-n6c7ccccc7c7ccccc76)cccc45)cc3)cccc2c1. The lowest BCUT2D eigenvalue weighted by atomic mass is 9.98. The molecule has 0 amide bonds. The van der Waals surface area contributed by atoms with E-state index in [0.717, 1.165) is 77.7 Å². The summed E-state index contributed by atoms with van der Waals surface area (Å²) in [4.78, 5) is 2.29. The van der Waals surface area contributed by atoms with Crippen LogP contribution in [-0.4, -0.2) is 4.57 Å². The highest BCUT2D eigenvalue weighted by molar-refractivity contribution is 6.13. The second-order valence-corrected chi connectivity index (χ2v) is 14.5. The van der Waals surface area contributed by atoms with Crippen molar-refractivity contribution in [3.05, 3.63) is 194 Å². The lowest BCUT2D eigenvalue weighted by molar-refractivity contribution is 0.666. The van der Waals surface area contributed by atoms with Gasteiger partial charge in [0.15, 0.2) is 5.58 Å². The zero-order valence-corrected chi connectivity index (χ0v) is 30.2. The molecular weight excluding hydrogens is 685 g/mol. The summed E-state index contributed by atoms with van der Waals surface area (Å²) in [6.07, 6.45) is 0. The van der Waals surface area contributed by atoms with Crippen LogP contribution in [0.4, 0.5) is 17.1 Å². The van der Waals surface area contributed by atoms with Crippen molar-refractivity contribution < 1.29 is 8.83 Å². The maximum absolute atomic E-state index is 6.93. The zero-order valence-electron chi connectivity index (χ0n) is 30.2. The maximum atomic E-state index is 6.93. The van der Waals surface area contributed by atoms with Crippen molar-refractivity contribution in [1.82, 2.24) is 4.57 Å². The summed E-state index contributed by atoms with van der Waals surface area (Å²) in [5, 5.41) is 9.29. The Bertz CT molecular complexity index is 3430. The molecule has 0 spiro atoms. The molecule has 4 nitrogen and oxygen atoms in total. The molecule has 56 heavy (non-hydrogen) atoms. The molecule has 3 heterocycles. The average molecular weight is 717 g/mol. The van der Waals surface area contributed by atoms with Crippen LogP contribution in [0.3, 0.4) is 0 Å². The van der Waals surface area contributed by atoms with Gasteiger partial charge in [0, 0.05) is 61.5 Å². The van der Waals surface area contributed by atoms with Gasteiger partial charge in [-0.2, -0.15) is 0 Å². The Kier molecular flexibility index (Phi) is 6.60. The minimum Gasteiger partial charge on any atom is -0.456 e. The number of rotatable bonds is 5. The van der Waals surface area contributed by atoms with Crippen LogP contribution in [0.1, 0.15) is 0 Å². The lowest BCUT2D eigenvalue weighted by Crippen LogP contribution is -2.09. The highest BCUT2D eigenvalue weighted by Gasteiger charge is 2.20.